The van der Waals surface area contributed by atoms with Gasteiger partial charge in [-0.25, -0.2) is 0 Å². The number of benzene rings is 14. The van der Waals surface area contributed by atoms with Gasteiger partial charge in [0.15, 0.2) is 0 Å². The van der Waals surface area contributed by atoms with E-state index in [1.54, 1.807) is 6.20 Å². The van der Waals surface area contributed by atoms with Crippen molar-refractivity contribution in [1.82, 2.24) is 44.9 Å². The Labute approximate surface area is 952 Å². The quantitative estimate of drug-likeness (QED) is 0.0981. The first kappa shape index (κ1) is 117. The fourth-order valence-electron chi connectivity index (χ4n) is 15.3. The summed E-state index contributed by atoms with van der Waals surface area (Å²) in [5.41, 5.74) is 37.8. The second-order valence-electron chi connectivity index (χ2n) is 33.5. The Morgan fingerprint density at radius 3 is 0.613 bits per heavy atom. The van der Waals surface area contributed by atoms with Crippen molar-refractivity contribution in [2.45, 2.75) is 48.5 Å². The Morgan fingerprint density at radius 2 is 0.380 bits per heavy atom. The molecule has 9 aromatic heterocycles. The van der Waals surface area contributed by atoms with Gasteiger partial charge in [0.25, 0.3) is 0 Å². The average molecular weight is 2830 g/mol. The third-order valence-electron chi connectivity index (χ3n) is 22.8. The van der Waals surface area contributed by atoms with E-state index in [2.05, 4.69) is 217 Å². The number of hydrogen-bond acceptors (Lipinski definition) is 9. The largest absolute Gasteiger partial charge is 0.305 e. The van der Waals surface area contributed by atoms with Crippen LogP contribution in [0, 0.1) is 103 Å². The first-order valence-corrected chi connectivity index (χ1v) is 47.9. The molecule has 0 saturated carbocycles. The van der Waals surface area contributed by atoms with E-state index >= 15 is 0 Å². The monoisotopic (exact) mass is 2830 g/mol. The third kappa shape index (κ3) is 36.3. The number of pyridine rings is 9. The molecule has 9 heterocycles. The molecule has 749 valence electrons. The molecule has 9 nitrogen and oxygen atoms in total. The minimum absolute atomic E-state index is 0. The van der Waals surface area contributed by atoms with Gasteiger partial charge in [0.1, 0.15) is 0 Å². The molecule has 0 spiro atoms. The van der Waals surface area contributed by atoms with Crippen LogP contribution in [0.4, 0.5) is 0 Å². The molecule has 23 rings (SSSR count). The van der Waals surface area contributed by atoms with Crippen molar-refractivity contribution >= 4 is 0 Å². The van der Waals surface area contributed by atoms with Crippen LogP contribution in [-0.2, 0) is 101 Å². The van der Waals surface area contributed by atoms with Gasteiger partial charge < -0.3 is 44.9 Å². The molecule has 0 aliphatic carbocycles. The van der Waals surface area contributed by atoms with Gasteiger partial charge in [0.05, 0.1) is 0 Å². The SMILES string of the molecule is Cc1cc(-c2[c-]cccc2)ncc1-c1ccccc1.Cc1cc(-c2[c-]cccc2)ncc1-c1ccccc1.Cc1cc(-c2[c-]cccc2)ncc1-c1ccccc1.Cc1cccc(-c2[c-]cc(-c3ccccc3)cc2)n1.Cc1cccc(-c2[c-]cccc2)n1.Cc1cccc(-c2[c-]cccc2)n1.Cc1cccc(-c2[c-]cccc2)n1.[Ir].[Ir].[Ir].[Ir].[Ir].[c-]1ccccc1-c1ccc(-c2ccccc2)cn1.[c-]1ccccc1-c1ccccn1. The molecule has 0 saturated heterocycles. The van der Waals surface area contributed by atoms with Crippen molar-refractivity contribution in [1.29, 1.82) is 0 Å². The average Bonchev–Trinajstić information content (AvgIpc) is 0.806. The van der Waals surface area contributed by atoms with Gasteiger partial charge in [-0.05, 0) is 175 Å². The van der Waals surface area contributed by atoms with Gasteiger partial charge in [0, 0.05) is 171 Å². The molecular weight excluding hydrogens is 2720 g/mol. The first-order chi connectivity index (χ1) is 71.3. The molecule has 150 heavy (non-hydrogen) atoms. The molecule has 0 fully saturated rings. The van der Waals surface area contributed by atoms with Gasteiger partial charge in [-0.3, -0.25) is 0 Å². The molecule has 0 aliphatic heterocycles. The maximum Gasteiger partial charge on any atom is 0.0266 e. The van der Waals surface area contributed by atoms with E-state index in [9.17, 15) is 0 Å². The van der Waals surface area contributed by atoms with Crippen molar-refractivity contribution in [3.63, 3.8) is 0 Å². The number of nitrogens with zero attached hydrogens (tertiary/aromatic N) is 9. The summed E-state index contributed by atoms with van der Waals surface area (Å²) in [6, 6.07) is 190. The molecule has 0 amide bonds. The summed E-state index contributed by atoms with van der Waals surface area (Å²) >= 11 is 0. The minimum atomic E-state index is 0. The van der Waals surface area contributed by atoms with Gasteiger partial charge in [-0.15, -0.1) is 317 Å². The molecule has 0 bridgehead atoms. The zero-order chi connectivity index (χ0) is 100. The number of aryl methyl sites for hydroxylation is 7. The molecular formula is C136H106Ir5N9-9. The maximum absolute atomic E-state index is 4.55. The van der Waals surface area contributed by atoms with E-state index in [0.717, 1.165) is 130 Å². The Morgan fingerprint density at radius 1 is 0.153 bits per heavy atom. The van der Waals surface area contributed by atoms with Crippen LogP contribution in [0.15, 0.2) is 516 Å². The summed E-state index contributed by atoms with van der Waals surface area (Å²) in [6.45, 7) is 14.3. The predicted octanol–water partition coefficient (Wildman–Crippen LogP) is 33.4. The number of aromatic nitrogens is 9. The predicted molar refractivity (Wildman–Crippen MR) is 597 cm³/mol. The van der Waals surface area contributed by atoms with E-state index in [0.29, 0.717) is 0 Å². The van der Waals surface area contributed by atoms with Gasteiger partial charge >= 0.3 is 0 Å². The van der Waals surface area contributed by atoms with Gasteiger partial charge in [-0.2, -0.15) is 0 Å². The van der Waals surface area contributed by atoms with Crippen molar-refractivity contribution in [2.24, 2.45) is 0 Å². The van der Waals surface area contributed by atoms with Crippen molar-refractivity contribution in [2.75, 3.05) is 0 Å². The molecule has 0 atom stereocenters. The summed E-state index contributed by atoms with van der Waals surface area (Å²) in [6.07, 6.45) is 9.53. The Hall–Kier alpha value is -15.3. The smallest absolute Gasteiger partial charge is 0.0266 e. The van der Waals surface area contributed by atoms with Crippen LogP contribution in [0.5, 0.6) is 0 Å². The topological polar surface area (TPSA) is 116 Å². The van der Waals surface area contributed by atoms with Gasteiger partial charge in [-0.1, -0.05) is 254 Å². The van der Waals surface area contributed by atoms with Crippen molar-refractivity contribution in [3.8, 4) is 157 Å². The summed E-state index contributed by atoms with van der Waals surface area (Å²) in [5.74, 6) is 0. The second kappa shape index (κ2) is 63.4. The van der Waals surface area contributed by atoms with E-state index in [1.807, 2.05) is 441 Å². The number of hydrogen-bond donors (Lipinski definition) is 0. The van der Waals surface area contributed by atoms with E-state index in [-0.39, 0.29) is 101 Å². The van der Waals surface area contributed by atoms with Crippen LogP contribution >= 0.6 is 0 Å². The maximum atomic E-state index is 4.55. The van der Waals surface area contributed by atoms with Crippen LogP contribution in [0.1, 0.15) is 39.5 Å². The zero-order valence-electron chi connectivity index (χ0n) is 83.8. The summed E-state index contributed by atoms with van der Waals surface area (Å²) < 4.78 is 0. The van der Waals surface area contributed by atoms with Crippen LogP contribution in [0.25, 0.3) is 157 Å². The van der Waals surface area contributed by atoms with Crippen molar-refractivity contribution in [3.05, 3.63) is 610 Å². The van der Waals surface area contributed by atoms with Crippen LogP contribution in [0.2, 0.25) is 0 Å². The molecule has 0 aliphatic rings. The standard InChI is InChI=1S/4C18H14N.C17H12N.3C12H10N.C11H8N.5Ir/c3*1-14-12-18(16-10-6-3-7-11-16)19-13-17(14)15-8-4-2-5-9-15;1-14-6-5-9-18(19-14)17-12-10-16(11-13-17)15-7-3-2-4-8-15;1-3-7-14(8-4-1)16-11-12-17(18-13-16)15-9-5-2-6-10-15;3*1-10-6-5-9-12(13-10)11-7-3-2-4-8-11;1-2-6-10(7-3-1)11-8-4-5-9-12-11;;;;;/h3*2-10,12-13H,1H3;2-12H,1H3;1-9,11-13H;3*2-7,9H,1H3;1-6,8-9H;;;;;/q9*-1;;;;;. The zero-order valence-corrected chi connectivity index (χ0v) is 95.7. The first-order valence-electron chi connectivity index (χ1n) is 47.9. The molecule has 14 heteroatoms. The van der Waals surface area contributed by atoms with Crippen LogP contribution < -0.4 is 0 Å². The van der Waals surface area contributed by atoms with Gasteiger partial charge in [0.2, 0.25) is 0 Å². The molecule has 23 aromatic rings. The second-order valence-corrected chi connectivity index (χ2v) is 33.5. The molecule has 0 unspecified atom stereocenters. The summed E-state index contributed by atoms with van der Waals surface area (Å²) in [7, 11) is 0. The third-order valence-corrected chi connectivity index (χ3v) is 22.8. The normalized spacial score (nSPS) is 9.83. The molecule has 14 aromatic carbocycles. The summed E-state index contributed by atoms with van der Waals surface area (Å²) in [5, 5.41) is 0. The van der Waals surface area contributed by atoms with E-state index in [1.165, 1.54) is 66.8 Å². The van der Waals surface area contributed by atoms with E-state index in [4.69, 9.17) is 0 Å². The van der Waals surface area contributed by atoms with Crippen molar-refractivity contribution < 1.29 is 101 Å². The fourth-order valence-corrected chi connectivity index (χ4v) is 15.3. The Kier molecular flexibility index (Phi) is 49.3. The van der Waals surface area contributed by atoms with Crippen LogP contribution in [-0.4, -0.2) is 44.9 Å². The van der Waals surface area contributed by atoms with E-state index < -0.39 is 0 Å². The molecule has 0 N–H and O–H groups in total. The fraction of sp³-hybridized carbons (Fsp3) is 0.0515. The number of rotatable bonds is 14. The Balaban J connectivity index is 0.000000173. The van der Waals surface area contributed by atoms with Crippen LogP contribution in [0.3, 0.4) is 0 Å². The molecule has 5 radical (unpaired) electrons. The summed E-state index contributed by atoms with van der Waals surface area (Å²) in [4.78, 5) is 40.1. The minimum Gasteiger partial charge on any atom is -0.305 e. The Bertz CT molecular complexity index is 7200.